The highest BCUT2D eigenvalue weighted by Gasteiger charge is 2.39. The summed E-state index contributed by atoms with van der Waals surface area (Å²) in [5.41, 5.74) is 0.896. The van der Waals surface area contributed by atoms with Gasteiger partial charge in [0.15, 0.2) is 0 Å². The van der Waals surface area contributed by atoms with Gasteiger partial charge in [-0.05, 0) is 28.3 Å². The van der Waals surface area contributed by atoms with Crippen molar-refractivity contribution in [2.75, 3.05) is 0 Å². The van der Waals surface area contributed by atoms with E-state index < -0.39 is 12.0 Å². The SMILES string of the molecule is CC(C)[C@@H](C(=O)[O-])N1C(=O)/C(=C\c2cccc3ccccc23)SC1=S. The standard InChI is InChI=1S/C19H17NO3S2/c1-11(2)16(18(22)23)20-17(21)15(25-19(20)24)10-13-8-5-7-12-6-3-4-9-14(12)13/h3-11,16H,1-2H3,(H,22,23)/p-1/b15-10+/t16-/m0/s1. The van der Waals surface area contributed by atoms with Crippen molar-refractivity contribution in [1.29, 1.82) is 0 Å². The number of hydrogen-bond acceptors (Lipinski definition) is 5. The average Bonchev–Trinajstić information content (AvgIpc) is 2.83. The molecule has 1 aliphatic heterocycles. The molecule has 1 fully saturated rings. The summed E-state index contributed by atoms with van der Waals surface area (Å²) >= 11 is 6.38. The Morgan fingerprint density at radius 1 is 1.20 bits per heavy atom. The molecule has 2 aromatic rings. The summed E-state index contributed by atoms with van der Waals surface area (Å²) < 4.78 is 0.249. The fraction of sp³-hybridized carbons (Fsp3) is 0.211. The van der Waals surface area contributed by atoms with Crippen molar-refractivity contribution >= 4 is 57.0 Å². The zero-order valence-electron chi connectivity index (χ0n) is 13.8. The van der Waals surface area contributed by atoms with E-state index in [9.17, 15) is 14.7 Å². The molecule has 0 radical (unpaired) electrons. The van der Waals surface area contributed by atoms with Gasteiger partial charge >= 0.3 is 0 Å². The van der Waals surface area contributed by atoms with Crippen LogP contribution in [0.15, 0.2) is 47.4 Å². The molecule has 1 heterocycles. The van der Waals surface area contributed by atoms with Crippen LogP contribution in [0.25, 0.3) is 16.8 Å². The molecule has 2 aromatic carbocycles. The number of aliphatic carboxylic acids is 1. The van der Waals surface area contributed by atoms with E-state index in [1.54, 1.807) is 19.9 Å². The van der Waals surface area contributed by atoms with E-state index >= 15 is 0 Å². The number of hydrogen-bond donors (Lipinski definition) is 0. The first-order valence-corrected chi connectivity index (χ1v) is 9.08. The normalized spacial score (nSPS) is 17.7. The Bertz CT molecular complexity index is 899. The largest absolute Gasteiger partial charge is 0.548 e. The molecule has 1 atom stereocenters. The van der Waals surface area contributed by atoms with Gasteiger partial charge in [-0.3, -0.25) is 9.69 Å². The van der Waals surface area contributed by atoms with Crippen LogP contribution in [0.3, 0.4) is 0 Å². The molecule has 0 aromatic heterocycles. The van der Waals surface area contributed by atoms with Crippen molar-refractivity contribution in [3.8, 4) is 0 Å². The average molecular weight is 370 g/mol. The maximum atomic E-state index is 12.8. The molecule has 0 N–H and O–H groups in total. The lowest BCUT2D eigenvalue weighted by Gasteiger charge is -2.30. The molecule has 1 aliphatic rings. The van der Waals surface area contributed by atoms with Crippen molar-refractivity contribution in [1.82, 2.24) is 4.90 Å². The highest BCUT2D eigenvalue weighted by atomic mass is 32.2. The van der Waals surface area contributed by atoms with E-state index in [4.69, 9.17) is 12.2 Å². The molecule has 0 bridgehead atoms. The van der Waals surface area contributed by atoms with Crippen LogP contribution in [0, 0.1) is 5.92 Å². The Hall–Kier alpha value is -2.18. The number of amides is 1. The van der Waals surface area contributed by atoms with Crippen LogP contribution in [0.1, 0.15) is 19.4 Å². The number of thiocarbonyl (C=S) groups is 1. The van der Waals surface area contributed by atoms with Crippen LogP contribution in [0.4, 0.5) is 0 Å². The second-order valence-electron chi connectivity index (χ2n) is 6.13. The lowest BCUT2D eigenvalue weighted by molar-refractivity contribution is -0.311. The van der Waals surface area contributed by atoms with Crippen LogP contribution in [0.2, 0.25) is 0 Å². The number of carboxylic acids is 1. The minimum Gasteiger partial charge on any atom is -0.548 e. The Balaban J connectivity index is 2.02. The summed E-state index contributed by atoms with van der Waals surface area (Å²) in [4.78, 5) is 25.8. The molecule has 0 unspecified atom stereocenters. The van der Waals surface area contributed by atoms with Gasteiger partial charge < -0.3 is 9.90 Å². The number of nitrogens with zero attached hydrogens (tertiary/aromatic N) is 1. The maximum Gasteiger partial charge on any atom is 0.266 e. The van der Waals surface area contributed by atoms with Gasteiger partial charge in [0.1, 0.15) is 4.32 Å². The van der Waals surface area contributed by atoms with Gasteiger partial charge in [-0.1, -0.05) is 80.3 Å². The van der Waals surface area contributed by atoms with Crippen LogP contribution in [-0.2, 0) is 9.59 Å². The number of fused-ring (bicyclic) bond motifs is 1. The second kappa shape index (κ2) is 6.98. The van der Waals surface area contributed by atoms with Crippen LogP contribution < -0.4 is 5.11 Å². The molecule has 25 heavy (non-hydrogen) atoms. The number of carbonyl (C=O) groups is 2. The molecule has 3 rings (SSSR count). The smallest absolute Gasteiger partial charge is 0.266 e. The first kappa shape index (κ1) is 17.6. The molecule has 1 saturated heterocycles. The predicted molar refractivity (Wildman–Crippen MR) is 103 cm³/mol. The summed E-state index contributed by atoms with van der Waals surface area (Å²) in [6, 6.07) is 12.7. The third kappa shape index (κ3) is 3.32. The highest BCUT2D eigenvalue weighted by molar-refractivity contribution is 8.26. The van der Waals surface area contributed by atoms with Crippen molar-refractivity contribution in [2.24, 2.45) is 5.92 Å². The van der Waals surface area contributed by atoms with Crippen molar-refractivity contribution in [3.05, 3.63) is 52.9 Å². The van der Waals surface area contributed by atoms with Crippen molar-refractivity contribution in [3.63, 3.8) is 0 Å². The summed E-state index contributed by atoms with van der Waals surface area (Å²) in [7, 11) is 0. The molecule has 0 aliphatic carbocycles. The number of benzene rings is 2. The van der Waals surface area contributed by atoms with Gasteiger partial charge in [-0.2, -0.15) is 0 Å². The topological polar surface area (TPSA) is 60.4 Å². The second-order valence-corrected chi connectivity index (χ2v) is 7.80. The fourth-order valence-corrected chi connectivity index (χ4v) is 4.23. The lowest BCUT2D eigenvalue weighted by atomic mass is 10.0. The Kier molecular flexibility index (Phi) is 4.92. The monoisotopic (exact) mass is 370 g/mol. The lowest BCUT2D eigenvalue weighted by Crippen LogP contribution is -2.52. The van der Waals surface area contributed by atoms with Gasteiger partial charge in [-0.15, -0.1) is 0 Å². The molecule has 4 nitrogen and oxygen atoms in total. The zero-order chi connectivity index (χ0) is 18.1. The summed E-state index contributed by atoms with van der Waals surface area (Å²) in [5, 5.41) is 13.6. The molecular weight excluding hydrogens is 354 g/mol. The van der Waals surface area contributed by atoms with Gasteiger partial charge in [-0.25, -0.2) is 0 Å². The van der Waals surface area contributed by atoms with Gasteiger partial charge in [0.05, 0.1) is 16.9 Å². The summed E-state index contributed by atoms with van der Waals surface area (Å²) in [6.45, 7) is 3.46. The minimum absolute atomic E-state index is 0.249. The molecule has 0 spiro atoms. The molecule has 1 amide bonds. The van der Waals surface area contributed by atoms with Crippen molar-refractivity contribution in [2.45, 2.75) is 19.9 Å². The van der Waals surface area contributed by atoms with E-state index in [2.05, 4.69) is 0 Å². The predicted octanol–water partition coefficient (Wildman–Crippen LogP) is 2.82. The Labute approximate surface area is 155 Å². The first-order valence-electron chi connectivity index (χ1n) is 7.86. The highest BCUT2D eigenvalue weighted by Crippen LogP contribution is 2.36. The zero-order valence-corrected chi connectivity index (χ0v) is 15.4. The third-order valence-corrected chi connectivity index (χ3v) is 5.42. The number of thioether (sulfide) groups is 1. The van der Waals surface area contributed by atoms with Crippen LogP contribution in [-0.4, -0.2) is 27.1 Å². The van der Waals surface area contributed by atoms with Crippen molar-refractivity contribution < 1.29 is 14.7 Å². The van der Waals surface area contributed by atoms with Crippen LogP contribution in [0.5, 0.6) is 0 Å². The van der Waals surface area contributed by atoms with E-state index in [0.29, 0.717) is 4.91 Å². The maximum absolute atomic E-state index is 12.8. The molecule has 6 heteroatoms. The van der Waals surface area contributed by atoms with E-state index in [-0.39, 0.29) is 16.1 Å². The summed E-state index contributed by atoms with van der Waals surface area (Å²) in [6.07, 6.45) is 1.77. The number of rotatable bonds is 4. The van der Waals surface area contributed by atoms with E-state index in [0.717, 1.165) is 33.0 Å². The molecule has 0 saturated carbocycles. The fourth-order valence-electron chi connectivity index (χ4n) is 2.91. The Morgan fingerprint density at radius 2 is 1.88 bits per heavy atom. The molecular formula is C19H16NO3S2-. The summed E-state index contributed by atoms with van der Waals surface area (Å²) in [5.74, 6) is -1.98. The van der Waals surface area contributed by atoms with E-state index in [1.165, 1.54) is 0 Å². The molecule has 128 valence electrons. The first-order chi connectivity index (χ1) is 11.9. The Morgan fingerprint density at radius 3 is 2.56 bits per heavy atom. The van der Waals surface area contributed by atoms with E-state index in [1.807, 2.05) is 42.5 Å². The quantitative estimate of drug-likeness (QED) is 0.612. The van der Waals surface area contributed by atoms with Gasteiger partial charge in [0, 0.05) is 0 Å². The number of carbonyl (C=O) groups excluding carboxylic acids is 2. The van der Waals surface area contributed by atoms with Gasteiger partial charge in [0.2, 0.25) is 0 Å². The van der Waals surface area contributed by atoms with Gasteiger partial charge in [0.25, 0.3) is 5.91 Å². The van der Waals surface area contributed by atoms with Crippen LogP contribution >= 0.6 is 24.0 Å². The third-order valence-electron chi connectivity index (χ3n) is 4.08. The number of carboxylic acid groups (broad SMARTS) is 1. The minimum atomic E-state index is -1.29.